The van der Waals surface area contributed by atoms with Crippen LogP contribution >= 0.6 is 11.3 Å². The van der Waals surface area contributed by atoms with Gasteiger partial charge in [0.1, 0.15) is 17.2 Å². The van der Waals surface area contributed by atoms with Gasteiger partial charge in [-0.15, -0.1) is 0 Å². The number of para-hydroxylation sites is 2. The molecule has 77 heavy (non-hydrogen) atoms. The topological polar surface area (TPSA) is 178 Å². The Morgan fingerprint density at radius 2 is 1.60 bits per heavy atom. The number of amides is 4. The zero-order valence-corrected chi connectivity index (χ0v) is 45.3. The minimum Gasteiger partial charge on any atom is -0.490 e. The van der Waals surface area contributed by atoms with E-state index in [1.165, 1.54) is 16.9 Å². The first-order valence-electron chi connectivity index (χ1n) is 27.2. The van der Waals surface area contributed by atoms with Crippen molar-refractivity contribution in [2.75, 3.05) is 29.9 Å². The summed E-state index contributed by atoms with van der Waals surface area (Å²) in [6.45, 7) is 10.1. The molecule has 4 aromatic carbocycles. The Morgan fingerprint density at radius 1 is 0.818 bits per heavy atom. The van der Waals surface area contributed by atoms with E-state index in [4.69, 9.17) is 19.6 Å². The third kappa shape index (κ3) is 10.9. The Bertz CT molecular complexity index is 3400. The van der Waals surface area contributed by atoms with Gasteiger partial charge in [0.2, 0.25) is 17.7 Å². The maximum Gasteiger partial charge on any atom is 0.358 e. The van der Waals surface area contributed by atoms with Crippen LogP contribution in [0.15, 0.2) is 91.0 Å². The molecule has 6 heterocycles. The molecule has 11 rings (SSSR count). The van der Waals surface area contributed by atoms with E-state index in [9.17, 15) is 24.0 Å². The number of carbonyl (C=O) groups is 5. The summed E-state index contributed by atoms with van der Waals surface area (Å²) in [5, 5.41) is 11.8. The maximum atomic E-state index is 14.1. The number of likely N-dealkylation sites (tertiary alicyclic amines) is 1. The number of aromatic nitrogens is 4. The van der Waals surface area contributed by atoms with Gasteiger partial charge in [-0.05, 0) is 162 Å². The maximum absolute atomic E-state index is 14.1. The highest BCUT2D eigenvalue weighted by atomic mass is 32.1. The van der Waals surface area contributed by atoms with E-state index < -0.39 is 17.5 Å². The number of imide groups is 1. The minimum absolute atomic E-state index is 0.0277. The van der Waals surface area contributed by atoms with E-state index >= 15 is 0 Å². The summed E-state index contributed by atoms with van der Waals surface area (Å²) in [4.78, 5) is 80.0. The number of benzene rings is 4. The predicted octanol–water partition coefficient (Wildman–Crippen LogP) is 11.0. The van der Waals surface area contributed by atoms with Crippen LogP contribution in [0.5, 0.6) is 5.75 Å². The number of carbonyl (C=O) groups excluding carboxylic acids is 5. The Morgan fingerprint density at radius 3 is 2.38 bits per heavy atom. The van der Waals surface area contributed by atoms with Gasteiger partial charge < -0.3 is 19.3 Å². The SMILES string of the molecule is Cc1c(O[C@H]2CC[C@H](CCC(=O)N3CCC(c4cccc5c(C6CCC(=O)NC6=O)nn(C)c45)CC3)CC2)cccc1-c1ccc(N2CCc3cccc(C(=O)Nc4nc5ccccc5s4)c3C2)nc1C(=O)OC(C)(C)C. The molecule has 16 heteroatoms. The summed E-state index contributed by atoms with van der Waals surface area (Å²) in [5.41, 5.74) is 8.25. The standard InChI is InChI=1S/C61H66N8O7S/c1-36-41(43-24-26-51(63-55(43)59(74)76-61(2,3)4)69-34-31-38-11-8-14-44(47(38)35-69)57(72)65-60-62-48-16-6-7-18-50(48)77-60)12-10-17-49(36)75-40-22-19-37(20-23-40)21-28-53(71)68-32-29-39(30-33-68)42-13-9-15-45-54(66-67(5)56(42)45)46-25-27-52(70)64-58(46)73/h6-18,24,26,37,39-40,46H,19-23,25,27-35H2,1-5H3,(H,62,65,72)(H,64,70,73)/t37-,40-,46?. The summed E-state index contributed by atoms with van der Waals surface area (Å²) in [6, 6.07) is 29.7. The lowest BCUT2D eigenvalue weighted by Crippen LogP contribution is -2.39. The second-order valence-electron chi connectivity index (χ2n) is 22.3. The van der Waals surface area contributed by atoms with E-state index in [1.54, 1.807) is 0 Å². The van der Waals surface area contributed by atoms with E-state index in [0.717, 1.165) is 99.8 Å². The van der Waals surface area contributed by atoms with E-state index in [1.807, 2.05) is 123 Å². The molecule has 1 atom stereocenters. The molecule has 2 saturated heterocycles. The molecule has 3 fully saturated rings. The number of nitrogens with zero attached hydrogens (tertiary/aromatic N) is 6. The lowest BCUT2D eigenvalue weighted by Gasteiger charge is -2.33. The number of ether oxygens (including phenoxy) is 2. The van der Waals surface area contributed by atoms with E-state index in [-0.39, 0.29) is 41.3 Å². The van der Waals surface area contributed by atoms with Crippen molar-refractivity contribution in [3.05, 3.63) is 130 Å². The van der Waals surface area contributed by atoms with Gasteiger partial charge in [-0.25, -0.2) is 14.8 Å². The second-order valence-corrected chi connectivity index (χ2v) is 23.3. The largest absolute Gasteiger partial charge is 0.490 e. The average molecular weight is 1060 g/mol. The van der Waals surface area contributed by atoms with Gasteiger partial charge >= 0.3 is 5.97 Å². The zero-order chi connectivity index (χ0) is 53.5. The smallest absolute Gasteiger partial charge is 0.358 e. The van der Waals surface area contributed by atoms with Crippen LogP contribution in [0.1, 0.15) is 146 Å². The lowest BCUT2D eigenvalue weighted by molar-refractivity contribution is -0.134. The Hall–Kier alpha value is -7.46. The third-order valence-electron chi connectivity index (χ3n) is 16.0. The number of fused-ring (bicyclic) bond motifs is 3. The molecule has 3 aromatic heterocycles. The van der Waals surface area contributed by atoms with Gasteiger partial charge in [-0.3, -0.25) is 34.5 Å². The van der Waals surface area contributed by atoms with Crippen molar-refractivity contribution < 1.29 is 33.4 Å². The lowest BCUT2D eigenvalue weighted by atomic mass is 9.84. The van der Waals surface area contributed by atoms with E-state index in [2.05, 4.69) is 32.7 Å². The van der Waals surface area contributed by atoms with Gasteiger partial charge in [0, 0.05) is 62.6 Å². The number of pyridine rings is 1. The first-order chi connectivity index (χ1) is 37.1. The van der Waals surface area contributed by atoms with Crippen molar-refractivity contribution in [3.63, 3.8) is 0 Å². The highest BCUT2D eigenvalue weighted by Crippen LogP contribution is 2.40. The molecule has 3 aliphatic heterocycles. The van der Waals surface area contributed by atoms with Crippen LogP contribution in [0.3, 0.4) is 0 Å². The highest BCUT2D eigenvalue weighted by molar-refractivity contribution is 7.22. The fraction of sp³-hybridized carbons (Fsp3) is 0.410. The molecule has 2 N–H and O–H groups in total. The summed E-state index contributed by atoms with van der Waals surface area (Å²) in [6.07, 6.45) is 8.37. The van der Waals surface area contributed by atoms with Crippen molar-refractivity contribution in [3.8, 4) is 16.9 Å². The molecule has 7 aromatic rings. The van der Waals surface area contributed by atoms with Crippen molar-refractivity contribution in [2.24, 2.45) is 13.0 Å². The summed E-state index contributed by atoms with van der Waals surface area (Å²) < 4.78 is 15.6. The number of esters is 1. The van der Waals surface area contributed by atoms with Crippen LogP contribution in [-0.2, 0) is 39.1 Å². The first-order valence-corrected chi connectivity index (χ1v) is 28.1. The van der Waals surface area contributed by atoms with Crippen LogP contribution < -0.4 is 20.3 Å². The fourth-order valence-corrected chi connectivity index (χ4v) is 12.9. The molecule has 0 spiro atoms. The fourth-order valence-electron chi connectivity index (χ4n) is 12.0. The molecule has 4 aliphatic rings. The number of anilines is 2. The molecular formula is C61H66N8O7S. The minimum atomic E-state index is -0.752. The number of piperidine rings is 2. The zero-order valence-electron chi connectivity index (χ0n) is 44.5. The summed E-state index contributed by atoms with van der Waals surface area (Å²) in [5.74, 6) is 0.632. The normalized spacial score (nSPS) is 19.3. The molecule has 0 bridgehead atoms. The Kier molecular flexibility index (Phi) is 14.4. The summed E-state index contributed by atoms with van der Waals surface area (Å²) in [7, 11) is 1.92. The molecule has 398 valence electrons. The number of rotatable bonds is 12. The number of hydrogen-bond donors (Lipinski definition) is 2. The second kappa shape index (κ2) is 21.5. The van der Waals surface area contributed by atoms with Crippen LogP contribution in [-0.4, -0.2) is 85.6 Å². The van der Waals surface area contributed by atoms with Crippen LogP contribution in [0.4, 0.5) is 10.9 Å². The molecule has 1 aliphatic carbocycles. The number of nitrogens with one attached hydrogen (secondary N) is 2. The molecule has 4 amide bonds. The Labute approximate surface area is 452 Å². The van der Waals surface area contributed by atoms with Gasteiger partial charge in [-0.2, -0.15) is 5.10 Å². The number of hydrogen-bond acceptors (Lipinski definition) is 12. The molecule has 0 radical (unpaired) electrons. The molecular weight excluding hydrogens is 989 g/mol. The van der Waals surface area contributed by atoms with Crippen molar-refractivity contribution >= 4 is 73.0 Å². The van der Waals surface area contributed by atoms with Crippen molar-refractivity contribution in [2.45, 2.75) is 128 Å². The predicted molar refractivity (Wildman–Crippen MR) is 298 cm³/mol. The quantitative estimate of drug-likeness (QED) is 0.0879. The van der Waals surface area contributed by atoms with Gasteiger partial charge in [-0.1, -0.05) is 65.9 Å². The Balaban J connectivity index is 0.708. The van der Waals surface area contributed by atoms with Crippen LogP contribution in [0.25, 0.3) is 32.2 Å². The van der Waals surface area contributed by atoms with Crippen LogP contribution in [0, 0.1) is 12.8 Å². The highest BCUT2D eigenvalue weighted by Gasteiger charge is 2.34. The van der Waals surface area contributed by atoms with E-state index in [0.29, 0.717) is 79.9 Å². The summed E-state index contributed by atoms with van der Waals surface area (Å²) >= 11 is 1.44. The van der Waals surface area contributed by atoms with Crippen molar-refractivity contribution in [1.82, 2.24) is 30.0 Å². The first kappa shape index (κ1) is 51.6. The van der Waals surface area contributed by atoms with Gasteiger partial charge in [0.15, 0.2) is 10.8 Å². The van der Waals surface area contributed by atoms with Gasteiger partial charge in [0.05, 0.1) is 33.4 Å². The van der Waals surface area contributed by atoms with Crippen molar-refractivity contribution in [1.29, 1.82) is 0 Å². The number of aryl methyl sites for hydroxylation is 1. The number of thiazole rings is 1. The van der Waals surface area contributed by atoms with Crippen LogP contribution in [0.2, 0.25) is 0 Å². The molecule has 15 nitrogen and oxygen atoms in total. The third-order valence-corrected chi connectivity index (χ3v) is 17.0. The monoisotopic (exact) mass is 1050 g/mol. The average Bonchev–Trinajstić information content (AvgIpc) is 4.04. The van der Waals surface area contributed by atoms with Gasteiger partial charge in [0.25, 0.3) is 5.91 Å². The molecule has 1 unspecified atom stereocenters. The molecule has 1 saturated carbocycles.